The number of aromatic hydroxyl groups is 1. The van der Waals surface area contributed by atoms with E-state index in [0.717, 1.165) is 0 Å². The number of hydrogen-bond acceptors (Lipinski definition) is 3. The zero-order chi connectivity index (χ0) is 16.4. The fourth-order valence-corrected chi connectivity index (χ4v) is 1.73. The molecule has 0 saturated heterocycles. The van der Waals surface area contributed by atoms with Crippen molar-refractivity contribution in [3.05, 3.63) is 28.8 Å². The smallest absolute Gasteiger partial charge is 0.417 e. The summed E-state index contributed by atoms with van der Waals surface area (Å²) in [6, 6.07) is 0.583. The van der Waals surface area contributed by atoms with Crippen LogP contribution in [0.15, 0.2) is 12.1 Å². The molecule has 0 heterocycles. The zero-order valence-electron chi connectivity index (χ0n) is 10.6. The first-order valence-corrected chi connectivity index (χ1v) is 5.63. The van der Waals surface area contributed by atoms with Crippen LogP contribution in [0.1, 0.15) is 23.6 Å². The van der Waals surface area contributed by atoms with E-state index in [1.54, 1.807) is 0 Å². The lowest BCUT2D eigenvalue weighted by Crippen LogP contribution is -2.21. The molecule has 9 heteroatoms. The molecule has 1 aromatic rings. The Hall–Kier alpha value is -1.93. The minimum atomic E-state index is -5.38. The van der Waals surface area contributed by atoms with E-state index in [1.165, 1.54) is 6.92 Å². The Kier molecular flexibility index (Phi) is 4.75. The fraction of sp³-hybridized carbons (Fsp3) is 0.417. The highest BCUT2D eigenvalue weighted by molar-refractivity contribution is 5.74. The van der Waals surface area contributed by atoms with Crippen molar-refractivity contribution in [3.8, 4) is 5.75 Å². The van der Waals surface area contributed by atoms with Gasteiger partial charge in [0.15, 0.2) is 0 Å². The van der Waals surface area contributed by atoms with Crippen LogP contribution in [-0.4, -0.2) is 17.7 Å². The molecule has 0 aliphatic carbocycles. The molecule has 0 radical (unpaired) electrons. The van der Waals surface area contributed by atoms with E-state index in [-0.39, 0.29) is 12.7 Å². The highest BCUT2D eigenvalue weighted by atomic mass is 19.4. The highest BCUT2D eigenvalue weighted by Crippen LogP contribution is 2.44. The van der Waals surface area contributed by atoms with Gasteiger partial charge in [0.1, 0.15) is 5.75 Å². The Bertz CT molecular complexity index is 533. The summed E-state index contributed by atoms with van der Waals surface area (Å²) in [5.41, 5.74) is -5.20. The Morgan fingerprint density at radius 3 is 2.14 bits per heavy atom. The number of esters is 1. The molecule has 0 unspecified atom stereocenters. The zero-order valence-corrected chi connectivity index (χ0v) is 10.6. The number of halogens is 6. The van der Waals surface area contributed by atoms with E-state index in [0.29, 0.717) is 6.07 Å². The number of alkyl halides is 6. The van der Waals surface area contributed by atoms with Crippen molar-refractivity contribution in [1.82, 2.24) is 0 Å². The van der Waals surface area contributed by atoms with E-state index in [1.807, 2.05) is 0 Å². The number of benzene rings is 1. The van der Waals surface area contributed by atoms with Crippen LogP contribution in [0.2, 0.25) is 0 Å². The first kappa shape index (κ1) is 17.1. The van der Waals surface area contributed by atoms with Gasteiger partial charge in [-0.3, -0.25) is 4.79 Å². The second kappa shape index (κ2) is 5.82. The number of carbonyl (C=O) groups is 1. The van der Waals surface area contributed by atoms with Gasteiger partial charge in [0.05, 0.1) is 24.2 Å². The number of rotatable bonds is 3. The minimum Gasteiger partial charge on any atom is -0.508 e. The summed E-state index contributed by atoms with van der Waals surface area (Å²) >= 11 is 0. The van der Waals surface area contributed by atoms with E-state index in [4.69, 9.17) is 0 Å². The molecular formula is C12H10F6O3. The lowest BCUT2D eigenvalue weighted by Gasteiger charge is -2.19. The van der Waals surface area contributed by atoms with Crippen LogP contribution in [0, 0.1) is 0 Å². The van der Waals surface area contributed by atoms with Crippen LogP contribution in [0.3, 0.4) is 0 Å². The molecule has 0 saturated carbocycles. The van der Waals surface area contributed by atoms with E-state index in [2.05, 4.69) is 4.74 Å². The number of phenols is 1. The number of hydrogen-bond donors (Lipinski definition) is 1. The van der Waals surface area contributed by atoms with Crippen molar-refractivity contribution in [2.24, 2.45) is 0 Å². The van der Waals surface area contributed by atoms with Crippen LogP contribution in [0.4, 0.5) is 26.3 Å². The second-order valence-corrected chi connectivity index (χ2v) is 3.96. The molecule has 1 N–H and O–H groups in total. The SMILES string of the molecule is CCOC(=O)Cc1c(O)ccc(C(F)(F)F)c1C(F)(F)F. The summed E-state index contributed by atoms with van der Waals surface area (Å²) < 4.78 is 81.1. The normalized spacial score (nSPS) is 12.3. The Morgan fingerprint density at radius 1 is 1.14 bits per heavy atom. The lowest BCUT2D eigenvalue weighted by atomic mass is 9.96. The summed E-state index contributed by atoms with van der Waals surface area (Å²) in [6.07, 6.45) is -11.8. The van der Waals surface area contributed by atoms with Crippen molar-refractivity contribution < 1.29 is 41.0 Å². The molecule has 21 heavy (non-hydrogen) atoms. The summed E-state index contributed by atoms with van der Waals surface area (Å²) in [5.74, 6) is -2.22. The molecule has 1 aromatic carbocycles. The van der Waals surface area contributed by atoms with Crippen molar-refractivity contribution in [3.63, 3.8) is 0 Å². The van der Waals surface area contributed by atoms with E-state index in [9.17, 15) is 36.2 Å². The summed E-state index contributed by atoms with van der Waals surface area (Å²) in [5, 5.41) is 9.39. The third-order valence-electron chi connectivity index (χ3n) is 2.50. The molecule has 118 valence electrons. The van der Waals surface area contributed by atoms with E-state index < -0.39 is 47.2 Å². The van der Waals surface area contributed by atoms with E-state index >= 15 is 0 Å². The van der Waals surface area contributed by atoms with Gasteiger partial charge in [-0.25, -0.2) is 0 Å². The molecule has 0 amide bonds. The minimum absolute atomic E-state index is 0.118. The number of phenolic OH excluding ortho intramolecular Hbond substituents is 1. The molecule has 0 aromatic heterocycles. The first-order valence-electron chi connectivity index (χ1n) is 5.63. The molecule has 0 aliphatic rings. The Balaban J connectivity index is 3.50. The maximum absolute atomic E-state index is 12.9. The van der Waals surface area contributed by atoms with Gasteiger partial charge in [0, 0.05) is 5.56 Å². The standard InChI is InChI=1S/C12H10F6O3/c1-2-21-9(20)5-6-8(19)4-3-7(11(13,14)15)10(6)12(16,17)18/h3-4,19H,2,5H2,1H3. The average molecular weight is 316 g/mol. The number of carbonyl (C=O) groups excluding carboxylic acids is 1. The maximum atomic E-state index is 12.9. The first-order chi connectivity index (χ1) is 9.48. The highest BCUT2D eigenvalue weighted by Gasteiger charge is 2.45. The Labute approximate surface area is 115 Å². The van der Waals surface area contributed by atoms with Gasteiger partial charge in [-0.05, 0) is 19.1 Å². The second-order valence-electron chi connectivity index (χ2n) is 3.96. The van der Waals surface area contributed by atoms with Crippen molar-refractivity contribution in [1.29, 1.82) is 0 Å². The van der Waals surface area contributed by atoms with Crippen molar-refractivity contribution >= 4 is 5.97 Å². The predicted octanol–water partition coefficient (Wildman–Crippen LogP) is 3.54. The van der Waals surface area contributed by atoms with Crippen LogP contribution < -0.4 is 0 Å². The molecule has 3 nitrogen and oxygen atoms in total. The van der Waals surface area contributed by atoms with Gasteiger partial charge in [-0.2, -0.15) is 26.3 Å². The fourth-order valence-electron chi connectivity index (χ4n) is 1.73. The average Bonchev–Trinajstić information content (AvgIpc) is 2.28. The third-order valence-corrected chi connectivity index (χ3v) is 2.50. The van der Waals surface area contributed by atoms with Gasteiger partial charge in [0.25, 0.3) is 0 Å². The predicted molar refractivity (Wildman–Crippen MR) is 58.4 cm³/mol. The molecule has 1 rings (SSSR count). The molecule has 0 aliphatic heterocycles. The lowest BCUT2D eigenvalue weighted by molar-refractivity contribution is -0.163. The van der Waals surface area contributed by atoms with Crippen LogP contribution >= 0.6 is 0 Å². The molecule has 0 bridgehead atoms. The summed E-state index contributed by atoms with van der Waals surface area (Å²) in [4.78, 5) is 11.2. The Morgan fingerprint density at radius 2 is 1.71 bits per heavy atom. The molecule has 0 atom stereocenters. The van der Waals surface area contributed by atoms with Crippen LogP contribution in [0.5, 0.6) is 5.75 Å². The topological polar surface area (TPSA) is 46.5 Å². The number of ether oxygens (including phenoxy) is 1. The molecular weight excluding hydrogens is 306 g/mol. The van der Waals surface area contributed by atoms with Gasteiger partial charge >= 0.3 is 18.3 Å². The summed E-state index contributed by atoms with van der Waals surface area (Å²) in [7, 11) is 0. The van der Waals surface area contributed by atoms with Crippen molar-refractivity contribution in [2.45, 2.75) is 25.7 Å². The van der Waals surface area contributed by atoms with Gasteiger partial charge in [-0.1, -0.05) is 0 Å². The quantitative estimate of drug-likeness (QED) is 0.685. The van der Waals surface area contributed by atoms with Crippen molar-refractivity contribution in [2.75, 3.05) is 6.61 Å². The third kappa shape index (κ3) is 4.02. The van der Waals surface area contributed by atoms with Crippen LogP contribution in [-0.2, 0) is 28.3 Å². The monoisotopic (exact) mass is 316 g/mol. The van der Waals surface area contributed by atoms with Gasteiger partial charge in [0.2, 0.25) is 0 Å². The molecule has 0 spiro atoms. The molecule has 0 fully saturated rings. The van der Waals surface area contributed by atoms with Gasteiger partial charge in [-0.15, -0.1) is 0 Å². The van der Waals surface area contributed by atoms with Crippen LogP contribution in [0.25, 0.3) is 0 Å². The largest absolute Gasteiger partial charge is 0.508 e. The summed E-state index contributed by atoms with van der Waals surface area (Å²) in [6.45, 7) is 1.23. The van der Waals surface area contributed by atoms with Gasteiger partial charge < -0.3 is 9.84 Å². The maximum Gasteiger partial charge on any atom is 0.417 e.